The zero-order valence-electron chi connectivity index (χ0n) is 4.38. The van der Waals surface area contributed by atoms with Gasteiger partial charge >= 0.3 is 5.97 Å². The summed E-state index contributed by atoms with van der Waals surface area (Å²) in [6, 6.07) is 0. The number of thiocarbonyl (C=S) groups is 1. The van der Waals surface area contributed by atoms with E-state index < -0.39 is 5.97 Å². The second-order valence-corrected chi connectivity index (χ2v) is 1.88. The van der Waals surface area contributed by atoms with Crippen LogP contribution in [0.15, 0.2) is 0 Å². The summed E-state index contributed by atoms with van der Waals surface area (Å²) in [5.74, 6) is -0.183. The molecule has 0 aromatic heterocycles. The summed E-state index contributed by atoms with van der Waals surface area (Å²) in [7, 11) is 1.29. The molecule has 0 bridgehead atoms. The summed E-state index contributed by atoms with van der Waals surface area (Å²) in [4.78, 5) is 10.5. The number of esters is 1. The first-order chi connectivity index (χ1) is 3.72. The van der Waals surface area contributed by atoms with E-state index in [1.54, 1.807) is 0 Å². The van der Waals surface area contributed by atoms with Crippen LogP contribution < -0.4 is 0 Å². The molecule has 2 nitrogen and oxygen atoms in total. The molecule has 8 heavy (non-hydrogen) atoms. The average molecular weight is 150 g/mol. The van der Waals surface area contributed by atoms with Gasteiger partial charge in [0.25, 0.3) is 0 Å². The molecule has 0 saturated heterocycles. The maximum absolute atomic E-state index is 10.3. The van der Waals surface area contributed by atoms with Crippen molar-refractivity contribution in [3.05, 3.63) is 0 Å². The van der Waals surface area contributed by atoms with Gasteiger partial charge in [0.05, 0.1) is 7.11 Å². The minimum atomic E-state index is -0.463. The van der Waals surface area contributed by atoms with Gasteiger partial charge in [0.2, 0.25) is 0 Å². The Hall–Kier alpha value is -0.0900. The fourth-order valence-electron chi connectivity index (χ4n) is 0.178. The van der Waals surface area contributed by atoms with Crippen LogP contribution >= 0.6 is 24.8 Å². The first-order valence-electron chi connectivity index (χ1n) is 1.94. The van der Waals surface area contributed by atoms with Crippen LogP contribution in [0.5, 0.6) is 0 Å². The highest BCUT2D eigenvalue weighted by atomic mass is 32.1. The van der Waals surface area contributed by atoms with E-state index in [1.165, 1.54) is 7.11 Å². The predicted octanol–water partition coefficient (Wildman–Crippen LogP) is 0.459. The zero-order chi connectivity index (χ0) is 6.57. The monoisotopic (exact) mass is 150 g/mol. The van der Waals surface area contributed by atoms with Gasteiger partial charge in [0, 0.05) is 5.75 Å². The summed E-state index contributed by atoms with van der Waals surface area (Å²) in [6.45, 7) is 0. The maximum atomic E-state index is 10.3. The highest BCUT2D eigenvalue weighted by Gasteiger charge is 2.04. The van der Waals surface area contributed by atoms with Gasteiger partial charge in [-0.25, -0.2) is 4.79 Å². The quantitative estimate of drug-likeness (QED) is 0.352. The van der Waals surface area contributed by atoms with Crippen LogP contribution in [-0.4, -0.2) is 23.7 Å². The highest BCUT2D eigenvalue weighted by molar-refractivity contribution is 7.87. The van der Waals surface area contributed by atoms with Crippen molar-refractivity contribution in [2.24, 2.45) is 0 Å². The molecular formula is C4H6O2S2. The van der Waals surface area contributed by atoms with E-state index in [0.29, 0.717) is 0 Å². The Morgan fingerprint density at radius 1 is 1.88 bits per heavy atom. The van der Waals surface area contributed by atoms with Crippen LogP contribution in [0.1, 0.15) is 0 Å². The second kappa shape index (κ2) is 3.86. The molecule has 0 radical (unpaired) electrons. The van der Waals surface area contributed by atoms with Gasteiger partial charge in [-0.1, -0.05) is 12.2 Å². The third kappa shape index (κ3) is 2.28. The number of ether oxygens (including phenoxy) is 1. The summed E-state index contributed by atoms with van der Waals surface area (Å²) < 4.78 is 4.27. The Balaban J connectivity index is 3.64. The minimum absolute atomic E-state index is 0.218. The summed E-state index contributed by atoms with van der Waals surface area (Å²) in [5, 5.41) is 0. The minimum Gasteiger partial charge on any atom is -0.465 e. The largest absolute Gasteiger partial charge is 0.465 e. The van der Waals surface area contributed by atoms with E-state index >= 15 is 0 Å². The van der Waals surface area contributed by atoms with Gasteiger partial charge in [-0.15, -0.1) is 0 Å². The predicted molar refractivity (Wildman–Crippen MR) is 38.5 cm³/mol. The summed E-state index contributed by atoms with van der Waals surface area (Å²) in [6.07, 6.45) is 0. The molecule has 4 heteroatoms. The van der Waals surface area contributed by atoms with Crippen LogP contribution in [0.25, 0.3) is 0 Å². The van der Waals surface area contributed by atoms with E-state index in [-0.39, 0.29) is 10.6 Å². The van der Waals surface area contributed by atoms with Gasteiger partial charge in [0.15, 0.2) is 0 Å². The molecule has 0 saturated carbocycles. The van der Waals surface area contributed by atoms with Crippen LogP contribution in [0.3, 0.4) is 0 Å². The summed E-state index contributed by atoms with van der Waals surface area (Å²) in [5.41, 5.74) is 0. The second-order valence-electron chi connectivity index (χ2n) is 1.07. The number of carbonyl (C=O) groups excluding carboxylic acids is 1. The molecule has 0 aliphatic carbocycles. The van der Waals surface area contributed by atoms with Crippen molar-refractivity contribution in [2.45, 2.75) is 0 Å². The highest BCUT2D eigenvalue weighted by Crippen LogP contribution is 1.84. The van der Waals surface area contributed by atoms with Crippen LogP contribution in [-0.2, 0) is 9.53 Å². The average Bonchev–Trinajstić information content (AvgIpc) is 1.84. The van der Waals surface area contributed by atoms with Crippen molar-refractivity contribution in [1.29, 1.82) is 0 Å². The summed E-state index contributed by atoms with van der Waals surface area (Å²) >= 11 is 8.29. The fraction of sp³-hybridized carbons (Fsp3) is 0.500. The zero-order valence-corrected chi connectivity index (χ0v) is 6.09. The smallest absolute Gasteiger partial charge is 0.345 e. The first-order valence-corrected chi connectivity index (χ1v) is 2.98. The third-order valence-electron chi connectivity index (χ3n) is 0.557. The molecular weight excluding hydrogens is 144 g/mol. The lowest BCUT2D eigenvalue weighted by molar-refractivity contribution is -0.132. The topological polar surface area (TPSA) is 26.3 Å². The molecule has 0 N–H and O–H groups in total. The molecule has 0 heterocycles. The molecule has 0 amide bonds. The Labute approximate surface area is 58.6 Å². The SMILES string of the molecule is COC(=O)C(=S)CS. The van der Waals surface area contributed by atoms with Gasteiger partial charge < -0.3 is 4.74 Å². The molecule has 0 unspecified atom stereocenters. The van der Waals surface area contributed by atoms with E-state index in [2.05, 4.69) is 29.6 Å². The molecule has 0 aliphatic heterocycles. The molecule has 0 fully saturated rings. The number of methoxy groups -OCH3 is 1. The molecule has 0 aromatic rings. The Morgan fingerprint density at radius 3 is 2.50 bits per heavy atom. The molecule has 0 rings (SSSR count). The first kappa shape index (κ1) is 7.91. The van der Waals surface area contributed by atoms with Crippen molar-refractivity contribution in [2.75, 3.05) is 12.9 Å². The van der Waals surface area contributed by atoms with E-state index in [0.717, 1.165) is 0 Å². The molecule has 0 aromatic carbocycles. The fourth-order valence-corrected chi connectivity index (χ4v) is 0.391. The standard InChI is InChI=1S/C4H6O2S2/c1-6-4(5)3(8)2-7/h7H,2H2,1H3. The molecule has 0 spiro atoms. The Kier molecular flexibility index (Phi) is 3.81. The van der Waals surface area contributed by atoms with Gasteiger partial charge in [0.1, 0.15) is 4.86 Å². The van der Waals surface area contributed by atoms with Crippen molar-refractivity contribution < 1.29 is 9.53 Å². The maximum Gasteiger partial charge on any atom is 0.345 e. The Morgan fingerprint density at radius 2 is 2.38 bits per heavy atom. The van der Waals surface area contributed by atoms with Crippen LogP contribution in [0, 0.1) is 0 Å². The number of hydrogen-bond acceptors (Lipinski definition) is 4. The van der Waals surface area contributed by atoms with Crippen molar-refractivity contribution in [3.8, 4) is 0 Å². The van der Waals surface area contributed by atoms with E-state index in [4.69, 9.17) is 0 Å². The number of carbonyl (C=O) groups is 1. The van der Waals surface area contributed by atoms with E-state index in [9.17, 15) is 4.79 Å². The normalized spacial score (nSPS) is 8.25. The molecule has 0 aliphatic rings. The lowest BCUT2D eigenvalue weighted by Gasteiger charge is -1.93. The lowest BCUT2D eigenvalue weighted by Crippen LogP contribution is -2.13. The Bertz CT molecular complexity index is 96.6. The van der Waals surface area contributed by atoms with Crippen LogP contribution in [0.2, 0.25) is 0 Å². The third-order valence-corrected chi connectivity index (χ3v) is 1.40. The van der Waals surface area contributed by atoms with Crippen molar-refractivity contribution in [1.82, 2.24) is 0 Å². The van der Waals surface area contributed by atoms with Crippen LogP contribution in [0.4, 0.5) is 0 Å². The van der Waals surface area contributed by atoms with Crippen molar-refractivity contribution >= 4 is 35.7 Å². The molecule has 0 atom stereocenters. The van der Waals surface area contributed by atoms with Gasteiger partial charge in [-0.05, 0) is 0 Å². The lowest BCUT2D eigenvalue weighted by atomic mass is 10.5. The van der Waals surface area contributed by atoms with Crippen molar-refractivity contribution in [3.63, 3.8) is 0 Å². The van der Waals surface area contributed by atoms with Gasteiger partial charge in [-0.3, -0.25) is 0 Å². The van der Waals surface area contributed by atoms with Gasteiger partial charge in [-0.2, -0.15) is 12.6 Å². The van der Waals surface area contributed by atoms with E-state index in [1.807, 2.05) is 0 Å². The number of thiol groups is 1. The number of rotatable bonds is 2. The molecule has 46 valence electrons. The number of hydrogen-bond donors (Lipinski definition) is 1.